The fraction of sp³-hybridized carbons (Fsp3) is 0.500. The Morgan fingerprint density at radius 1 is 0.853 bits per heavy atom. The fourth-order valence-corrected chi connectivity index (χ4v) is 6.69. The quantitative estimate of drug-likeness (QED) is 0.307. The zero-order valence-electron chi connectivity index (χ0n) is 21.9. The third kappa shape index (κ3) is 5.81. The first-order valence-electron chi connectivity index (χ1n) is 12.1. The van der Waals surface area contributed by atoms with Crippen LogP contribution < -0.4 is 9.47 Å². The predicted molar refractivity (Wildman–Crippen MR) is 139 cm³/mol. The summed E-state index contributed by atoms with van der Waals surface area (Å²) in [6, 6.07) is 8.97. The molecule has 0 heterocycles. The molecule has 0 aliphatic rings. The van der Waals surface area contributed by atoms with Crippen molar-refractivity contribution >= 4 is 18.2 Å². The molecule has 5 nitrogen and oxygen atoms in total. The minimum absolute atomic E-state index is 0.0209. The summed E-state index contributed by atoms with van der Waals surface area (Å²) >= 11 is 0. The monoisotopic (exact) mass is 486 g/mol. The number of aryl methyl sites for hydroxylation is 2. The number of carbonyl (C=O) groups is 2. The van der Waals surface area contributed by atoms with Crippen LogP contribution in [0, 0.1) is 13.8 Å². The highest BCUT2D eigenvalue weighted by Gasteiger charge is 2.44. The minimum atomic E-state index is -4.01. The zero-order valence-corrected chi connectivity index (χ0v) is 22.8. The van der Waals surface area contributed by atoms with Crippen molar-refractivity contribution in [1.82, 2.24) is 0 Å². The predicted octanol–water partition coefficient (Wildman–Crippen LogP) is 7.54. The lowest BCUT2D eigenvalue weighted by atomic mass is 9.84. The molecule has 0 aliphatic heterocycles. The normalized spacial score (nSPS) is 13.3. The van der Waals surface area contributed by atoms with Gasteiger partial charge in [0.2, 0.25) is 18.2 Å². The lowest BCUT2D eigenvalue weighted by Gasteiger charge is -2.24. The summed E-state index contributed by atoms with van der Waals surface area (Å²) in [6.07, 6.45) is 1.25. The van der Waals surface area contributed by atoms with Gasteiger partial charge in [-0.3, -0.25) is 9.59 Å². The molecular formula is C28H39O5P. The maximum atomic E-state index is 14.5. The topological polar surface area (TPSA) is 69.7 Å². The first kappa shape index (κ1) is 27.9. The second kappa shape index (κ2) is 11.4. The molecule has 0 aliphatic carbocycles. The molecule has 0 radical (unpaired) electrons. The van der Waals surface area contributed by atoms with Crippen molar-refractivity contribution in [3.63, 3.8) is 0 Å². The van der Waals surface area contributed by atoms with Gasteiger partial charge in [-0.2, -0.15) is 0 Å². The zero-order chi connectivity index (χ0) is 25.7. The number of hydrogen-bond donors (Lipinski definition) is 0. The Balaban J connectivity index is 2.72. The molecule has 0 aromatic heterocycles. The number of hydrogen-bond acceptors (Lipinski definition) is 5. The molecule has 2 aromatic carbocycles. The molecule has 0 amide bonds. The summed E-state index contributed by atoms with van der Waals surface area (Å²) < 4.78 is 25.9. The van der Waals surface area contributed by atoms with E-state index in [0.717, 1.165) is 23.1 Å². The van der Waals surface area contributed by atoms with Gasteiger partial charge in [0, 0.05) is 11.7 Å². The molecule has 0 saturated carbocycles. The van der Waals surface area contributed by atoms with Crippen molar-refractivity contribution in [2.24, 2.45) is 0 Å². The molecule has 0 N–H and O–H groups in total. The van der Waals surface area contributed by atoms with Gasteiger partial charge in [0.25, 0.3) is 0 Å². The van der Waals surface area contributed by atoms with Crippen LogP contribution >= 0.6 is 7.14 Å². The average molecular weight is 487 g/mol. The van der Waals surface area contributed by atoms with Crippen molar-refractivity contribution in [3.05, 3.63) is 58.1 Å². The first-order chi connectivity index (χ1) is 15.9. The van der Waals surface area contributed by atoms with Gasteiger partial charge in [0.1, 0.15) is 17.1 Å². The molecule has 0 spiro atoms. The number of unbranched alkanes of at least 4 members (excludes halogenated alkanes) is 1. The molecule has 0 saturated heterocycles. The van der Waals surface area contributed by atoms with Crippen molar-refractivity contribution in [2.75, 3.05) is 19.4 Å². The Hall–Kier alpha value is -2.39. The Morgan fingerprint density at radius 2 is 1.32 bits per heavy atom. The van der Waals surface area contributed by atoms with Gasteiger partial charge in [0.15, 0.2) is 0 Å². The maximum absolute atomic E-state index is 14.5. The highest BCUT2D eigenvalue weighted by atomic mass is 31.2. The third-order valence-corrected chi connectivity index (χ3v) is 8.60. The van der Waals surface area contributed by atoms with E-state index in [1.54, 1.807) is 18.2 Å². The van der Waals surface area contributed by atoms with Crippen LogP contribution in [0.25, 0.3) is 0 Å². The van der Waals surface area contributed by atoms with Crippen LogP contribution in [0.2, 0.25) is 0 Å². The lowest BCUT2D eigenvalue weighted by Crippen LogP contribution is -2.19. The van der Waals surface area contributed by atoms with Crippen molar-refractivity contribution in [1.29, 1.82) is 0 Å². The van der Waals surface area contributed by atoms with Crippen LogP contribution in [0.1, 0.15) is 91.8 Å². The van der Waals surface area contributed by atoms with Gasteiger partial charge in [-0.25, -0.2) is 0 Å². The molecule has 186 valence electrons. The fourth-order valence-electron chi connectivity index (χ4n) is 4.04. The molecule has 1 unspecified atom stereocenters. The molecular weight excluding hydrogens is 447 g/mol. The Morgan fingerprint density at radius 3 is 1.74 bits per heavy atom. The van der Waals surface area contributed by atoms with E-state index >= 15 is 0 Å². The van der Waals surface area contributed by atoms with Crippen LogP contribution in [0.3, 0.4) is 0 Å². The molecule has 0 fully saturated rings. The van der Waals surface area contributed by atoms with Gasteiger partial charge in [-0.1, -0.05) is 52.3 Å². The van der Waals surface area contributed by atoms with E-state index in [1.165, 1.54) is 0 Å². The Bertz CT molecular complexity index is 1050. The largest absolute Gasteiger partial charge is 0.493 e. The molecule has 1 atom stereocenters. The standard InChI is InChI=1S/C28H39O5P/c1-9-12-16-34(31,26(29)24-19(4)17-21(18-20(24)5)28(6,7)8)27(30)25-22(32-10-2)14-13-15-23(25)33-11-3/h13-15,17-18H,9-12,16H2,1-8H3. The molecule has 34 heavy (non-hydrogen) atoms. The highest BCUT2D eigenvalue weighted by Crippen LogP contribution is 2.56. The summed E-state index contributed by atoms with van der Waals surface area (Å²) in [6.45, 7) is 16.3. The minimum Gasteiger partial charge on any atom is -0.493 e. The van der Waals surface area contributed by atoms with Gasteiger partial charge >= 0.3 is 0 Å². The molecule has 6 heteroatoms. The number of carbonyl (C=O) groups excluding carboxylic acids is 2. The van der Waals surface area contributed by atoms with E-state index in [4.69, 9.17) is 9.47 Å². The van der Waals surface area contributed by atoms with Gasteiger partial charge < -0.3 is 14.0 Å². The van der Waals surface area contributed by atoms with Crippen molar-refractivity contribution < 1.29 is 23.6 Å². The number of benzene rings is 2. The third-order valence-electron chi connectivity index (χ3n) is 5.90. The smallest absolute Gasteiger partial charge is 0.236 e. The summed E-state index contributed by atoms with van der Waals surface area (Å²) in [5, 5.41) is 0. The lowest BCUT2D eigenvalue weighted by molar-refractivity contribution is 0.103. The van der Waals surface area contributed by atoms with E-state index in [-0.39, 0.29) is 17.1 Å². The summed E-state index contributed by atoms with van der Waals surface area (Å²) in [5.41, 5.74) is 1.70. The Kier molecular flexibility index (Phi) is 9.30. The number of ether oxygens (including phenoxy) is 2. The Labute approximate surface area is 204 Å². The second-order valence-corrected chi connectivity index (χ2v) is 12.4. The van der Waals surface area contributed by atoms with Crippen LogP contribution in [0.15, 0.2) is 30.3 Å². The second-order valence-electron chi connectivity index (χ2n) is 9.66. The molecule has 0 bridgehead atoms. The summed E-state index contributed by atoms with van der Waals surface area (Å²) in [4.78, 5) is 27.9. The van der Waals surface area contributed by atoms with Crippen molar-refractivity contribution in [2.45, 2.75) is 73.6 Å². The van der Waals surface area contributed by atoms with E-state index in [9.17, 15) is 14.2 Å². The first-order valence-corrected chi connectivity index (χ1v) is 14.0. The van der Waals surface area contributed by atoms with Crippen LogP contribution in [0.5, 0.6) is 11.5 Å². The highest BCUT2D eigenvalue weighted by molar-refractivity contribution is 7.95. The van der Waals surface area contributed by atoms with E-state index in [0.29, 0.717) is 36.7 Å². The average Bonchev–Trinajstić information content (AvgIpc) is 2.76. The van der Waals surface area contributed by atoms with E-state index in [1.807, 2.05) is 46.8 Å². The molecule has 2 aromatic rings. The van der Waals surface area contributed by atoms with Crippen LogP contribution in [-0.4, -0.2) is 30.4 Å². The molecule has 2 rings (SSSR count). The summed E-state index contributed by atoms with van der Waals surface area (Å²) in [5.74, 6) is 0.582. The van der Waals surface area contributed by atoms with Crippen molar-refractivity contribution in [3.8, 4) is 11.5 Å². The SMILES string of the molecule is CCCCP(=O)(C(=O)c1c(C)cc(C(C)(C)C)cc1C)C(=O)c1c(OCC)cccc1OCC. The van der Waals surface area contributed by atoms with Gasteiger partial charge in [-0.15, -0.1) is 0 Å². The van der Waals surface area contributed by atoms with Crippen LogP contribution in [-0.2, 0) is 9.98 Å². The van der Waals surface area contributed by atoms with Gasteiger partial charge in [0.05, 0.1) is 13.2 Å². The maximum Gasteiger partial charge on any atom is 0.236 e. The summed E-state index contributed by atoms with van der Waals surface area (Å²) in [7, 11) is -4.01. The number of rotatable bonds is 11. The van der Waals surface area contributed by atoms with Crippen LogP contribution in [0.4, 0.5) is 0 Å². The van der Waals surface area contributed by atoms with E-state index < -0.39 is 18.2 Å². The van der Waals surface area contributed by atoms with Gasteiger partial charge in [-0.05, 0) is 68.4 Å². The van der Waals surface area contributed by atoms with E-state index in [2.05, 4.69) is 20.8 Å².